The molecule has 0 spiro atoms. The summed E-state index contributed by atoms with van der Waals surface area (Å²) >= 11 is 0. The maximum absolute atomic E-state index is 10.6. The summed E-state index contributed by atoms with van der Waals surface area (Å²) < 4.78 is 4.63. The van der Waals surface area contributed by atoms with Crippen LogP contribution in [0.15, 0.2) is 24.3 Å². The van der Waals surface area contributed by atoms with Gasteiger partial charge in [0.05, 0.1) is 6.61 Å². The Kier molecular flexibility index (Phi) is 11.5. The predicted molar refractivity (Wildman–Crippen MR) is 40.6 cm³/mol. The van der Waals surface area contributed by atoms with Crippen molar-refractivity contribution in [3.05, 3.63) is 24.3 Å². The average molecular weight is 241 g/mol. The molecule has 0 unspecified atom stereocenters. The zero-order chi connectivity index (χ0) is 7.82. The van der Waals surface area contributed by atoms with E-state index < -0.39 is 0 Å². The maximum atomic E-state index is 10.6. The van der Waals surface area contributed by atoms with Gasteiger partial charge < -0.3 is 4.74 Å². The van der Waals surface area contributed by atoms with Gasteiger partial charge in [0.15, 0.2) is 0 Å². The van der Waals surface area contributed by atoms with Crippen molar-refractivity contribution in [3.8, 4) is 0 Å². The molecule has 0 bridgehead atoms. The van der Waals surface area contributed by atoms with Crippen LogP contribution in [0, 0.1) is 0 Å². The van der Waals surface area contributed by atoms with Gasteiger partial charge in [-0.2, -0.15) is 0 Å². The molecule has 11 heavy (non-hydrogen) atoms. The Morgan fingerprint density at radius 2 is 2.09 bits per heavy atom. The molecule has 64 valence electrons. The average Bonchev–Trinajstić information content (AvgIpc) is 1.89. The van der Waals surface area contributed by atoms with E-state index in [1.165, 1.54) is 6.08 Å². The van der Waals surface area contributed by atoms with Gasteiger partial charge in [-0.15, -0.1) is 0 Å². The van der Waals surface area contributed by atoms with E-state index in [2.05, 4.69) is 4.74 Å². The SMILES string of the molecule is C/C=C/C=C/C(=O)OCC.[Ru]. The van der Waals surface area contributed by atoms with E-state index >= 15 is 0 Å². The Balaban J connectivity index is 0. The number of carbonyl (C=O) groups is 1. The van der Waals surface area contributed by atoms with E-state index in [4.69, 9.17) is 0 Å². The minimum Gasteiger partial charge on any atom is -0.463 e. The van der Waals surface area contributed by atoms with Crippen LogP contribution in [0.3, 0.4) is 0 Å². The molecule has 0 rings (SSSR count). The fourth-order valence-corrected chi connectivity index (χ4v) is 0.436. The number of hydrogen-bond donors (Lipinski definition) is 0. The van der Waals surface area contributed by atoms with Gasteiger partial charge in [0, 0.05) is 25.6 Å². The molecule has 0 N–H and O–H groups in total. The quantitative estimate of drug-likeness (QED) is 0.325. The first-order chi connectivity index (χ1) is 4.81. The summed E-state index contributed by atoms with van der Waals surface area (Å²) in [5.74, 6) is -0.291. The molecule has 0 amide bonds. The minimum absolute atomic E-state index is 0. The van der Waals surface area contributed by atoms with E-state index in [1.54, 1.807) is 19.1 Å². The predicted octanol–water partition coefficient (Wildman–Crippen LogP) is 1.68. The third-order valence-corrected chi connectivity index (χ3v) is 0.822. The molecule has 0 saturated carbocycles. The Bertz CT molecular complexity index is 150. The second-order valence-corrected chi connectivity index (χ2v) is 1.64. The van der Waals surface area contributed by atoms with Gasteiger partial charge in [-0.05, 0) is 13.8 Å². The molecule has 0 heterocycles. The van der Waals surface area contributed by atoms with Crippen LogP contribution >= 0.6 is 0 Å². The first-order valence-corrected chi connectivity index (χ1v) is 3.27. The third-order valence-electron chi connectivity index (χ3n) is 0.822. The fraction of sp³-hybridized carbons (Fsp3) is 0.375. The van der Waals surface area contributed by atoms with Gasteiger partial charge in [-0.3, -0.25) is 0 Å². The molecule has 3 heteroatoms. The molecule has 0 atom stereocenters. The summed E-state index contributed by atoms with van der Waals surface area (Å²) in [4.78, 5) is 10.6. The molecular weight excluding hydrogens is 229 g/mol. The van der Waals surface area contributed by atoms with Gasteiger partial charge in [0.1, 0.15) is 0 Å². The van der Waals surface area contributed by atoms with Crippen molar-refractivity contribution in [2.24, 2.45) is 0 Å². The van der Waals surface area contributed by atoms with Crippen LogP contribution in [0.5, 0.6) is 0 Å². The zero-order valence-electron chi connectivity index (χ0n) is 6.69. The van der Waals surface area contributed by atoms with Crippen molar-refractivity contribution in [1.29, 1.82) is 0 Å². The van der Waals surface area contributed by atoms with E-state index in [-0.39, 0.29) is 25.4 Å². The molecule has 0 aromatic heterocycles. The third kappa shape index (κ3) is 9.57. The smallest absolute Gasteiger partial charge is 0.330 e. The molecule has 0 aliphatic rings. The molecule has 0 saturated heterocycles. The summed E-state index contributed by atoms with van der Waals surface area (Å²) in [7, 11) is 0. The summed E-state index contributed by atoms with van der Waals surface area (Å²) in [5.41, 5.74) is 0. The number of carbonyl (C=O) groups excluding carboxylic acids is 1. The second kappa shape index (κ2) is 9.57. The van der Waals surface area contributed by atoms with Crippen LogP contribution in [0.4, 0.5) is 0 Å². The van der Waals surface area contributed by atoms with E-state index in [1.807, 2.05) is 13.0 Å². The van der Waals surface area contributed by atoms with Gasteiger partial charge in [-0.1, -0.05) is 18.2 Å². The van der Waals surface area contributed by atoms with Crippen LogP contribution in [0.1, 0.15) is 13.8 Å². The zero-order valence-corrected chi connectivity index (χ0v) is 8.42. The van der Waals surface area contributed by atoms with Crippen molar-refractivity contribution >= 4 is 5.97 Å². The van der Waals surface area contributed by atoms with Crippen molar-refractivity contribution in [2.45, 2.75) is 13.8 Å². The number of esters is 1. The van der Waals surface area contributed by atoms with E-state index in [0.29, 0.717) is 6.61 Å². The molecule has 0 aliphatic carbocycles. The van der Waals surface area contributed by atoms with Crippen molar-refractivity contribution in [2.75, 3.05) is 6.61 Å². The summed E-state index contributed by atoms with van der Waals surface area (Å²) in [6, 6.07) is 0. The number of hydrogen-bond acceptors (Lipinski definition) is 2. The number of ether oxygens (including phenoxy) is 1. The van der Waals surface area contributed by atoms with Gasteiger partial charge in [0.25, 0.3) is 0 Å². The van der Waals surface area contributed by atoms with Crippen LogP contribution in [0.2, 0.25) is 0 Å². The van der Waals surface area contributed by atoms with Crippen molar-refractivity contribution in [3.63, 3.8) is 0 Å². The molecular formula is C8H12O2Ru. The monoisotopic (exact) mass is 242 g/mol. The standard InChI is InChI=1S/C8H12O2.Ru/c1-3-5-6-7-8(9)10-4-2;/h3,5-7H,4H2,1-2H3;/b5-3+,7-6+;. The normalized spacial score (nSPS) is 10.0. The second-order valence-electron chi connectivity index (χ2n) is 1.64. The first kappa shape index (κ1) is 13.2. The first-order valence-electron chi connectivity index (χ1n) is 3.27. The molecule has 0 aromatic rings. The topological polar surface area (TPSA) is 26.3 Å². The van der Waals surface area contributed by atoms with Crippen LogP contribution < -0.4 is 0 Å². The van der Waals surface area contributed by atoms with Crippen LogP contribution in [-0.2, 0) is 29.0 Å². The number of rotatable bonds is 3. The van der Waals surface area contributed by atoms with E-state index in [9.17, 15) is 4.79 Å². The summed E-state index contributed by atoms with van der Waals surface area (Å²) in [6.07, 6.45) is 6.66. The molecule has 0 fully saturated rings. The molecule has 0 aromatic carbocycles. The summed E-state index contributed by atoms with van der Waals surface area (Å²) in [5, 5.41) is 0. The van der Waals surface area contributed by atoms with Crippen molar-refractivity contribution < 1.29 is 29.0 Å². The summed E-state index contributed by atoms with van der Waals surface area (Å²) in [6.45, 7) is 4.09. The molecule has 0 radical (unpaired) electrons. The largest absolute Gasteiger partial charge is 0.463 e. The Labute approximate surface area is 80.1 Å². The minimum atomic E-state index is -0.291. The fourth-order valence-electron chi connectivity index (χ4n) is 0.436. The Morgan fingerprint density at radius 3 is 2.55 bits per heavy atom. The van der Waals surface area contributed by atoms with Crippen LogP contribution in [-0.4, -0.2) is 12.6 Å². The van der Waals surface area contributed by atoms with E-state index in [0.717, 1.165) is 0 Å². The van der Waals surface area contributed by atoms with Gasteiger partial charge in [0.2, 0.25) is 0 Å². The Hall–Kier alpha value is -0.427. The molecule has 0 aliphatic heterocycles. The maximum Gasteiger partial charge on any atom is 0.330 e. The van der Waals surface area contributed by atoms with Crippen molar-refractivity contribution in [1.82, 2.24) is 0 Å². The van der Waals surface area contributed by atoms with Gasteiger partial charge in [-0.25, -0.2) is 4.79 Å². The van der Waals surface area contributed by atoms with Gasteiger partial charge >= 0.3 is 5.97 Å². The number of allylic oxidation sites excluding steroid dienone is 3. The molecule has 2 nitrogen and oxygen atoms in total. The van der Waals surface area contributed by atoms with Crippen LogP contribution in [0.25, 0.3) is 0 Å². The Morgan fingerprint density at radius 1 is 1.45 bits per heavy atom.